The molecule has 8 heteroatoms. The fourth-order valence-corrected chi connectivity index (χ4v) is 4.54. The lowest BCUT2D eigenvalue weighted by atomic mass is 10.0. The molecule has 1 atom stereocenters. The van der Waals surface area contributed by atoms with Crippen LogP contribution in [-0.4, -0.2) is 15.9 Å². The molecule has 0 fully saturated rings. The van der Waals surface area contributed by atoms with Crippen LogP contribution in [0.25, 0.3) is 16.6 Å². The third kappa shape index (κ3) is 4.81. The fourth-order valence-electron chi connectivity index (χ4n) is 3.08. The first-order valence-corrected chi connectivity index (χ1v) is 11.6. The lowest BCUT2D eigenvalue weighted by Crippen LogP contribution is -2.24. The number of hydrogen-bond donors (Lipinski definition) is 1. The van der Waals surface area contributed by atoms with Gasteiger partial charge in [-0.3, -0.25) is 0 Å². The third-order valence-electron chi connectivity index (χ3n) is 4.51. The van der Waals surface area contributed by atoms with E-state index in [1.807, 2.05) is 48.5 Å². The van der Waals surface area contributed by atoms with E-state index < -0.39 is 0 Å². The van der Waals surface area contributed by atoms with Crippen LogP contribution in [0.3, 0.4) is 0 Å². The second-order valence-corrected chi connectivity index (χ2v) is 9.35. The van der Waals surface area contributed by atoms with Crippen LogP contribution in [0.15, 0.2) is 64.1 Å². The van der Waals surface area contributed by atoms with Gasteiger partial charge in [0.2, 0.25) is 0 Å². The Morgan fingerprint density at radius 2 is 1.93 bits per heavy atom. The molecule has 0 spiro atoms. The summed E-state index contributed by atoms with van der Waals surface area (Å²) in [6, 6.07) is 17.4. The van der Waals surface area contributed by atoms with Gasteiger partial charge < -0.3 is 5.32 Å². The molecule has 4 rings (SSSR count). The van der Waals surface area contributed by atoms with Crippen molar-refractivity contribution in [1.82, 2.24) is 10.3 Å². The van der Waals surface area contributed by atoms with Crippen LogP contribution in [0.1, 0.15) is 23.6 Å². The summed E-state index contributed by atoms with van der Waals surface area (Å²) >= 11 is 17.7. The van der Waals surface area contributed by atoms with Crippen molar-refractivity contribution in [1.29, 1.82) is 5.26 Å². The first-order chi connectivity index (χ1) is 14.5. The van der Waals surface area contributed by atoms with Crippen LogP contribution in [0, 0.1) is 11.3 Å². The quantitative estimate of drug-likeness (QED) is 0.299. The second kappa shape index (κ2) is 9.40. The van der Waals surface area contributed by atoms with Crippen molar-refractivity contribution in [3.8, 4) is 6.07 Å². The molecular weight excluding hydrogens is 503 g/mol. The van der Waals surface area contributed by atoms with Gasteiger partial charge in [0.05, 0.1) is 11.6 Å². The van der Waals surface area contributed by atoms with Gasteiger partial charge in [0.15, 0.2) is 5.17 Å². The van der Waals surface area contributed by atoms with Crippen LogP contribution in [0.5, 0.6) is 0 Å². The summed E-state index contributed by atoms with van der Waals surface area (Å²) < 4.78 is 1.01. The molecular formula is C22H15BrCl2N4S. The van der Waals surface area contributed by atoms with E-state index in [0.717, 1.165) is 37.4 Å². The summed E-state index contributed by atoms with van der Waals surface area (Å²) in [6.07, 6.45) is 2.49. The SMILES string of the molecule is N#CCCSC1=NC(c2cc3cc(Cl)ccc3nc2Cl)C=C(c2ccc(Br)cc2)N1. The van der Waals surface area contributed by atoms with Crippen LogP contribution >= 0.6 is 50.9 Å². The first kappa shape index (κ1) is 21.2. The first-order valence-electron chi connectivity index (χ1n) is 9.11. The van der Waals surface area contributed by atoms with Crippen molar-refractivity contribution in [2.75, 3.05) is 5.75 Å². The highest BCUT2D eigenvalue weighted by molar-refractivity contribution is 9.10. The number of aromatic nitrogens is 1. The lowest BCUT2D eigenvalue weighted by molar-refractivity contribution is 0.883. The normalized spacial score (nSPS) is 15.9. The standard InChI is InChI=1S/C22H15BrCl2N4S/c23-15-4-2-13(3-5-15)19-12-20(29-22(28-19)30-9-1-8-26)17-11-14-10-16(24)6-7-18(14)27-21(17)25/h2-7,10-12,20H,1,9H2,(H,28,29). The van der Waals surface area contributed by atoms with E-state index in [0.29, 0.717) is 22.3 Å². The van der Waals surface area contributed by atoms with Gasteiger partial charge in [-0.15, -0.1) is 0 Å². The zero-order valence-corrected chi connectivity index (χ0v) is 19.5. The Hall–Kier alpha value is -2.04. The Bertz CT molecular complexity index is 1200. The maximum absolute atomic E-state index is 8.87. The Balaban J connectivity index is 1.76. The molecule has 0 radical (unpaired) electrons. The molecule has 1 aliphatic rings. The van der Waals surface area contributed by atoms with Gasteiger partial charge in [0, 0.05) is 38.3 Å². The second-order valence-electron chi connectivity index (χ2n) is 6.55. The van der Waals surface area contributed by atoms with Gasteiger partial charge in [-0.05, 0) is 48.0 Å². The van der Waals surface area contributed by atoms with E-state index in [9.17, 15) is 0 Å². The van der Waals surface area contributed by atoms with Crippen molar-refractivity contribution < 1.29 is 0 Å². The van der Waals surface area contributed by atoms with Gasteiger partial charge in [0.1, 0.15) is 11.2 Å². The maximum Gasteiger partial charge on any atom is 0.162 e. The highest BCUT2D eigenvalue weighted by Crippen LogP contribution is 2.34. The fraction of sp³-hybridized carbons (Fsp3) is 0.136. The Morgan fingerprint density at radius 1 is 1.13 bits per heavy atom. The zero-order valence-electron chi connectivity index (χ0n) is 15.6. The predicted molar refractivity (Wildman–Crippen MR) is 130 cm³/mol. The molecule has 1 aromatic heterocycles. The third-order valence-corrected chi connectivity index (χ3v) is 6.46. The van der Waals surface area contributed by atoms with Crippen LogP contribution < -0.4 is 5.32 Å². The van der Waals surface area contributed by atoms with Crippen molar-refractivity contribution in [3.05, 3.63) is 80.4 Å². The Morgan fingerprint density at radius 3 is 2.70 bits per heavy atom. The molecule has 150 valence electrons. The number of fused-ring (bicyclic) bond motifs is 1. The topological polar surface area (TPSA) is 61.1 Å². The minimum absolute atomic E-state index is 0.308. The van der Waals surface area contributed by atoms with E-state index in [4.69, 9.17) is 33.5 Å². The number of thioether (sulfide) groups is 1. The number of nitrogens with one attached hydrogen (secondary N) is 1. The van der Waals surface area contributed by atoms with E-state index in [1.165, 1.54) is 11.8 Å². The number of amidine groups is 1. The smallest absolute Gasteiger partial charge is 0.162 e. The Labute approximate surface area is 197 Å². The molecule has 1 aliphatic heterocycles. The number of halogens is 3. The molecule has 0 aliphatic carbocycles. The van der Waals surface area contributed by atoms with Gasteiger partial charge in [-0.25, -0.2) is 9.98 Å². The highest BCUT2D eigenvalue weighted by Gasteiger charge is 2.21. The van der Waals surface area contributed by atoms with E-state index >= 15 is 0 Å². The zero-order chi connectivity index (χ0) is 21.1. The predicted octanol–water partition coefficient (Wildman–Crippen LogP) is 6.99. The molecule has 3 aromatic rings. The van der Waals surface area contributed by atoms with Crippen LogP contribution in [0.2, 0.25) is 10.2 Å². The minimum atomic E-state index is -0.308. The summed E-state index contributed by atoms with van der Waals surface area (Å²) in [7, 11) is 0. The summed E-state index contributed by atoms with van der Waals surface area (Å²) in [5.41, 5.74) is 3.56. The monoisotopic (exact) mass is 516 g/mol. The van der Waals surface area contributed by atoms with Crippen molar-refractivity contribution in [2.45, 2.75) is 12.5 Å². The number of rotatable bonds is 4. The minimum Gasteiger partial charge on any atom is -0.335 e. The maximum atomic E-state index is 8.87. The molecule has 2 heterocycles. The molecule has 2 aromatic carbocycles. The van der Waals surface area contributed by atoms with E-state index in [2.05, 4.69) is 32.3 Å². The van der Waals surface area contributed by atoms with Gasteiger partial charge in [-0.1, -0.05) is 63.0 Å². The largest absolute Gasteiger partial charge is 0.335 e. The molecule has 0 saturated carbocycles. The van der Waals surface area contributed by atoms with Crippen molar-refractivity contribution in [3.63, 3.8) is 0 Å². The molecule has 0 amide bonds. The van der Waals surface area contributed by atoms with Crippen LogP contribution in [0.4, 0.5) is 0 Å². The summed E-state index contributed by atoms with van der Waals surface area (Å²) in [4.78, 5) is 9.36. The van der Waals surface area contributed by atoms with Gasteiger partial charge >= 0.3 is 0 Å². The van der Waals surface area contributed by atoms with E-state index in [1.54, 1.807) is 6.07 Å². The van der Waals surface area contributed by atoms with Gasteiger partial charge in [0.25, 0.3) is 0 Å². The average Bonchev–Trinajstić information content (AvgIpc) is 2.74. The number of pyridine rings is 1. The molecule has 30 heavy (non-hydrogen) atoms. The number of benzene rings is 2. The van der Waals surface area contributed by atoms with Gasteiger partial charge in [-0.2, -0.15) is 5.26 Å². The number of hydrogen-bond acceptors (Lipinski definition) is 5. The Kier molecular flexibility index (Phi) is 6.64. The number of nitrogens with zero attached hydrogens (tertiary/aromatic N) is 3. The van der Waals surface area contributed by atoms with Crippen molar-refractivity contribution in [2.24, 2.45) is 4.99 Å². The molecule has 4 nitrogen and oxygen atoms in total. The van der Waals surface area contributed by atoms with E-state index in [-0.39, 0.29) is 6.04 Å². The molecule has 1 N–H and O–H groups in total. The number of nitriles is 1. The number of aliphatic imine (C=N–C) groups is 1. The highest BCUT2D eigenvalue weighted by atomic mass is 79.9. The lowest BCUT2D eigenvalue weighted by Gasteiger charge is -2.23. The summed E-state index contributed by atoms with van der Waals surface area (Å²) in [6.45, 7) is 0. The summed E-state index contributed by atoms with van der Waals surface area (Å²) in [5, 5.41) is 15.0. The molecule has 1 unspecified atom stereocenters. The summed E-state index contributed by atoms with van der Waals surface area (Å²) in [5.74, 6) is 0.655. The van der Waals surface area contributed by atoms with Crippen LogP contribution in [-0.2, 0) is 0 Å². The molecule has 0 saturated heterocycles. The molecule has 0 bridgehead atoms. The average molecular weight is 518 g/mol. The van der Waals surface area contributed by atoms with Crippen molar-refractivity contribution >= 4 is 72.7 Å².